The van der Waals surface area contributed by atoms with Gasteiger partial charge in [-0.25, -0.2) is 13.2 Å². The van der Waals surface area contributed by atoms with Crippen molar-refractivity contribution in [2.45, 2.75) is 16.7 Å². The Balaban J connectivity index is 2.25. The molecule has 0 saturated carbocycles. The number of aromatic nitrogens is 1. The normalized spacial score (nSPS) is 11.4. The van der Waals surface area contributed by atoms with Gasteiger partial charge < -0.3 is 9.72 Å². The van der Waals surface area contributed by atoms with Crippen molar-refractivity contribution in [3.05, 3.63) is 70.5 Å². The molecule has 0 spiro atoms. The van der Waals surface area contributed by atoms with Crippen LogP contribution in [0.5, 0.6) is 0 Å². The SMILES string of the molecule is CCOC(=O)c1c[nH]c2c(S(=O)(=O)c3ccccc3)cccc2c1=O. The van der Waals surface area contributed by atoms with Gasteiger partial charge in [0.1, 0.15) is 5.56 Å². The topological polar surface area (TPSA) is 93.3 Å². The summed E-state index contributed by atoms with van der Waals surface area (Å²) in [5, 5.41) is 0.113. The number of benzene rings is 2. The number of carbonyl (C=O) groups excluding carboxylic acids is 1. The van der Waals surface area contributed by atoms with Gasteiger partial charge in [-0.2, -0.15) is 0 Å². The van der Waals surface area contributed by atoms with E-state index in [0.717, 1.165) is 0 Å². The van der Waals surface area contributed by atoms with Crippen LogP contribution >= 0.6 is 0 Å². The second kappa shape index (κ2) is 6.52. The number of ether oxygens (including phenoxy) is 1. The van der Waals surface area contributed by atoms with Crippen molar-refractivity contribution in [1.82, 2.24) is 4.98 Å². The van der Waals surface area contributed by atoms with E-state index in [1.165, 1.54) is 36.5 Å². The van der Waals surface area contributed by atoms with Crippen molar-refractivity contribution in [2.75, 3.05) is 6.61 Å². The zero-order chi connectivity index (χ0) is 18.0. The number of rotatable bonds is 4. The minimum atomic E-state index is -3.81. The van der Waals surface area contributed by atoms with Gasteiger partial charge >= 0.3 is 5.97 Å². The van der Waals surface area contributed by atoms with Gasteiger partial charge in [0.05, 0.1) is 21.9 Å². The molecule has 0 fully saturated rings. The van der Waals surface area contributed by atoms with Crippen LogP contribution in [0.2, 0.25) is 0 Å². The van der Waals surface area contributed by atoms with E-state index in [9.17, 15) is 18.0 Å². The Morgan fingerprint density at radius 2 is 1.80 bits per heavy atom. The smallest absolute Gasteiger partial charge is 0.343 e. The van der Waals surface area contributed by atoms with E-state index in [1.807, 2.05) is 0 Å². The molecular formula is C18H15NO5S. The third-order valence-electron chi connectivity index (χ3n) is 3.71. The molecule has 128 valence electrons. The standard InChI is InChI=1S/C18H15NO5S/c1-2-24-18(21)14-11-19-16-13(17(14)20)9-6-10-15(16)25(22,23)12-7-4-3-5-8-12/h3-11H,2H2,1H3,(H,19,20). The van der Waals surface area contributed by atoms with Crippen LogP contribution < -0.4 is 5.43 Å². The fourth-order valence-corrected chi connectivity index (χ4v) is 4.00. The van der Waals surface area contributed by atoms with Crippen LogP contribution in [0.1, 0.15) is 17.3 Å². The summed E-state index contributed by atoms with van der Waals surface area (Å²) >= 11 is 0. The fourth-order valence-electron chi connectivity index (χ4n) is 2.54. The van der Waals surface area contributed by atoms with Gasteiger partial charge in [0.15, 0.2) is 0 Å². The molecule has 0 atom stereocenters. The predicted molar refractivity (Wildman–Crippen MR) is 92.4 cm³/mol. The largest absolute Gasteiger partial charge is 0.462 e. The van der Waals surface area contributed by atoms with E-state index in [-0.39, 0.29) is 32.9 Å². The van der Waals surface area contributed by atoms with Crippen molar-refractivity contribution in [3.63, 3.8) is 0 Å². The summed E-state index contributed by atoms with van der Waals surface area (Å²) in [7, 11) is -3.81. The van der Waals surface area contributed by atoms with Gasteiger partial charge in [0.25, 0.3) is 0 Å². The van der Waals surface area contributed by atoms with Crippen LogP contribution in [-0.4, -0.2) is 26.0 Å². The van der Waals surface area contributed by atoms with Gasteiger partial charge in [-0.05, 0) is 31.2 Å². The molecule has 2 aromatic carbocycles. The number of sulfone groups is 1. The van der Waals surface area contributed by atoms with Gasteiger partial charge in [-0.1, -0.05) is 24.3 Å². The molecule has 1 aromatic heterocycles. The van der Waals surface area contributed by atoms with Crippen LogP contribution in [0, 0.1) is 0 Å². The molecule has 0 bridgehead atoms. The summed E-state index contributed by atoms with van der Waals surface area (Å²) in [4.78, 5) is 27.3. The minimum absolute atomic E-state index is 0.0243. The lowest BCUT2D eigenvalue weighted by Crippen LogP contribution is -2.19. The lowest BCUT2D eigenvalue weighted by atomic mass is 10.1. The zero-order valence-electron chi connectivity index (χ0n) is 13.4. The maximum atomic E-state index is 12.9. The first-order chi connectivity index (χ1) is 12.0. The molecule has 7 heteroatoms. The third kappa shape index (κ3) is 2.94. The van der Waals surface area contributed by atoms with Crippen molar-refractivity contribution < 1.29 is 17.9 Å². The summed E-state index contributed by atoms with van der Waals surface area (Å²) < 4.78 is 30.6. The Morgan fingerprint density at radius 1 is 1.08 bits per heavy atom. The molecule has 0 radical (unpaired) electrons. The number of hydrogen-bond donors (Lipinski definition) is 1. The first kappa shape index (κ1) is 16.9. The second-order valence-electron chi connectivity index (χ2n) is 5.25. The molecule has 0 unspecified atom stereocenters. The summed E-state index contributed by atoms with van der Waals surface area (Å²) in [6.45, 7) is 1.77. The monoisotopic (exact) mass is 357 g/mol. The molecule has 1 N–H and O–H groups in total. The molecule has 0 amide bonds. The molecule has 3 aromatic rings. The molecule has 0 aliphatic carbocycles. The first-order valence-electron chi connectivity index (χ1n) is 7.58. The molecule has 25 heavy (non-hydrogen) atoms. The molecule has 0 aliphatic rings. The zero-order valence-corrected chi connectivity index (χ0v) is 14.2. The Hall–Kier alpha value is -2.93. The van der Waals surface area contributed by atoms with Crippen LogP contribution in [0.3, 0.4) is 0 Å². The maximum Gasteiger partial charge on any atom is 0.343 e. The number of esters is 1. The molecule has 0 saturated heterocycles. The lowest BCUT2D eigenvalue weighted by molar-refractivity contribution is 0.0524. The van der Waals surface area contributed by atoms with E-state index in [4.69, 9.17) is 4.74 Å². The van der Waals surface area contributed by atoms with Crippen molar-refractivity contribution in [3.8, 4) is 0 Å². The molecule has 6 nitrogen and oxygen atoms in total. The van der Waals surface area contributed by atoms with Gasteiger partial charge in [0.2, 0.25) is 15.3 Å². The van der Waals surface area contributed by atoms with Gasteiger partial charge in [0, 0.05) is 11.6 Å². The predicted octanol–water partition coefficient (Wildman–Crippen LogP) is 2.54. The number of pyridine rings is 1. The highest BCUT2D eigenvalue weighted by molar-refractivity contribution is 7.91. The number of fused-ring (bicyclic) bond motifs is 1. The summed E-state index contributed by atoms with van der Waals surface area (Å²) in [5.41, 5.74) is -0.578. The lowest BCUT2D eigenvalue weighted by Gasteiger charge is -2.09. The van der Waals surface area contributed by atoms with Crippen LogP contribution in [0.25, 0.3) is 10.9 Å². The number of para-hydroxylation sites is 1. The number of nitrogens with one attached hydrogen (secondary N) is 1. The first-order valence-corrected chi connectivity index (χ1v) is 9.06. The maximum absolute atomic E-state index is 12.9. The Morgan fingerprint density at radius 3 is 2.48 bits per heavy atom. The third-order valence-corrected chi connectivity index (χ3v) is 5.53. The average molecular weight is 357 g/mol. The molecular weight excluding hydrogens is 342 g/mol. The second-order valence-corrected chi connectivity index (χ2v) is 7.17. The van der Waals surface area contributed by atoms with E-state index >= 15 is 0 Å². The highest BCUT2D eigenvalue weighted by Gasteiger charge is 2.22. The Kier molecular flexibility index (Phi) is 4.41. The molecule has 0 aliphatic heterocycles. The van der Waals surface area contributed by atoms with Crippen LogP contribution in [0.15, 0.2) is 69.3 Å². The number of hydrogen-bond acceptors (Lipinski definition) is 5. The van der Waals surface area contributed by atoms with E-state index in [0.29, 0.717) is 0 Å². The summed E-state index contributed by atoms with van der Waals surface area (Å²) in [5.74, 6) is -0.748. The minimum Gasteiger partial charge on any atom is -0.462 e. The Bertz CT molecular complexity index is 1100. The van der Waals surface area contributed by atoms with Crippen molar-refractivity contribution in [1.29, 1.82) is 0 Å². The van der Waals surface area contributed by atoms with Gasteiger partial charge in [-0.3, -0.25) is 4.79 Å². The summed E-state index contributed by atoms with van der Waals surface area (Å²) in [6, 6.07) is 12.3. The van der Waals surface area contributed by atoms with Crippen molar-refractivity contribution in [2.24, 2.45) is 0 Å². The fraction of sp³-hybridized carbons (Fsp3) is 0.111. The van der Waals surface area contributed by atoms with Crippen molar-refractivity contribution >= 4 is 26.7 Å². The molecule has 1 heterocycles. The number of H-pyrrole nitrogens is 1. The number of carbonyl (C=O) groups is 1. The summed E-state index contributed by atoms with van der Waals surface area (Å²) in [6.07, 6.45) is 1.19. The van der Waals surface area contributed by atoms with Gasteiger partial charge in [-0.15, -0.1) is 0 Å². The van der Waals surface area contributed by atoms with E-state index < -0.39 is 21.2 Å². The van der Waals surface area contributed by atoms with E-state index in [2.05, 4.69) is 4.98 Å². The van der Waals surface area contributed by atoms with Crippen LogP contribution in [-0.2, 0) is 14.6 Å². The average Bonchev–Trinajstić information content (AvgIpc) is 2.62. The van der Waals surface area contributed by atoms with E-state index in [1.54, 1.807) is 25.1 Å². The number of aromatic amines is 1. The quantitative estimate of drug-likeness (QED) is 0.724. The Labute approximate surface area is 144 Å². The highest BCUT2D eigenvalue weighted by Crippen LogP contribution is 2.25. The molecule has 3 rings (SSSR count). The highest BCUT2D eigenvalue weighted by atomic mass is 32.2. The van der Waals surface area contributed by atoms with Crippen LogP contribution in [0.4, 0.5) is 0 Å².